The lowest BCUT2D eigenvalue weighted by molar-refractivity contribution is 0.112. The van der Waals surface area contributed by atoms with Gasteiger partial charge in [0.2, 0.25) is 0 Å². The van der Waals surface area contributed by atoms with Crippen molar-refractivity contribution in [2.75, 3.05) is 5.73 Å². The molecule has 0 heterocycles. The van der Waals surface area contributed by atoms with Gasteiger partial charge in [0.15, 0.2) is 0 Å². The minimum absolute atomic E-state index is 0. The Morgan fingerprint density at radius 1 is 1.20 bits per heavy atom. The first-order chi connectivity index (χ1) is 4.33. The molecule has 0 aliphatic carbocycles. The van der Waals surface area contributed by atoms with Crippen LogP contribution in [0.15, 0.2) is 24.3 Å². The molecule has 1 aromatic rings. The highest BCUT2D eigenvalue weighted by atomic mass is 35.5. The third-order valence-corrected chi connectivity index (χ3v) is 1.07. The Balaban J connectivity index is 0.000000810. The molecule has 2 N–H and O–H groups in total. The van der Waals surface area contributed by atoms with E-state index >= 15 is 0 Å². The lowest BCUT2D eigenvalue weighted by Gasteiger charge is -1.89. The summed E-state index contributed by atoms with van der Waals surface area (Å²) in [4.78, 5) is 10.1. The van der Waals surface area contributed by atoms with Crippen molar-refractivity contribution >= 4 is 24.4 Å². The van der Waals surface area contributed by atoms with Gasteiger partial charge in [0.25, 0.3) is 0 Å². The number of carbonyl (C=O) groups excluding carboxylic acids is 1. The molecule has 0 bridgehead atoms. The van der Waals surface area contributed by atoms with E-state index in [1.807, 2.05) is 0 Å². The van der Waals surface area contributed by atoms with Crippen molar-refractivity contribution < 1.29 is 4.79 Å². The van der Waals surface area contributed by atoms with Gasteiger partial charge in [-0.05, 0) is 24.3 Å². The summed E-state index contributed by atoms with van der Waals surface area (Å²) >= 11 is 0. The number of hydrogen-bond acceptors (Lipinski definition) is 2. The third kappa shape index (κ3) is 2.07. The fraction of sp³-hybridized carbons (Fsp3) is 0. The summed E-state index contributed by atoms with van der Waals surface area (Å²) in [5, 5.41) is 0. The van der Waals surface area contributed by atoms with Crippen LogP contribution in [0.1, 0.15) is 10.4 Å². The topological polar surface area (TPSA) is 43.1 Å². The molecule has 1 rings (SSSR count). The molecular formula is C7H8ClNO. The number of benzene rings is 1. The lowest BCUT2D eigenvalue weighted by Crippen LogP contribution is -1.84. The summed E-state index contributed by atoms with van der Waals surface area (Å²) in [6.45, 7) is 0. The van der Waals surface area contributed by atoms with Crippen LogP contribution in [-0.4, -0.2) is 6.29 Å². The second-order valence-corrected chi connectivity index (χ2v) is 1.78. The second kappa shape index (κ2) is 3.90. The van der Waals surface area contributed by atoms with E-state index in [0.717, 1.165) is 6.29 Å². The molecule has 0 aliphatic heterocycles. The fourth-order valence-corrected chi connectivity index (χ4v) is 0.575. The van der Waals surface area contributed by atoms with Crippen molar-refractivity contribution in [2.45, 2.75) is 0 Å². The average molecular weight is 158 g/mol. The number of aldehydes is 1. The van der Waals surface area contributed by atoms with E-state index in [1.54, 1.807) is 24.3 Å². The average Bonchev–Trinajstić information content (AvgIpc) is 1.90. The quantitative estimate of drug-likeness (QED) is 0.496. The van der Waals surface area contributed by atoms with Crippen LogP contribution in [0.25, 0.3) is 0 Å². The third-order valence-electron chi connectivity index (χ3n) is 1.07. The van der Waals surface area contributed by atoms with Crippen molar-refractivity contribution in [1.82, 2.24) is 0 Å². The number of nitrogens with two attached hydrogens (primary N) is 1. The number of nitrogen functional groups attached to an aromatic ring is 1. The predicted molar refractivity (Wildman–Crippen MR) is 43.5 cm³/mol. The van der Waals surface area contributed by atoms with Crippen molar-refractivity contribution in [3.05, 3.63) is 29.8 Å². The molecule has 10 heavy (non-hydrogen) atoms. The van der Waals surface area contributed by atoms with E-state index in [9.17, 15) is 4.79 Å². The van der Waals surface area contributed by atoms with Gasteiger partial charge in [0.1, 0.15) is 6.29 Å². The minimum Gasteiger partial charge on any atom is -0.399 e. The SMILES string of the molecule is Cl.Nc1ccc(C=O)cc1. The second-order valence-electron chi connectivity index (χ2n) is 1.78. The lowest BCUT2D eigenvalue weighted by atomic mass is 10.2. The zero-order valence-electron chi connectivity index (χ0n) is 5.28. The van der Waals surface area contributed by atoms with Crippen molar-refractivity contribution in [3.63, 3.8) is 0 Å². The van der Waals surface area contributed by atoms with Gasteiger partial charge in [-0.1, -0.05) is 0 Å². The van der Waals surface area contributed by atoms with Crippen LogP contribution in [0.5, 0.6) is 0 Å². The molecule has 2 nitrogen and oxygen atoms in total. The van der Waals surface area contributed by atoms with Gasteiger partial charge in [-0.2, -0.15) is 0 Å². The molecule has 0 unspecified atom stereocenters. The summed E-state index contributed by atoms with van der Waals surface area (Å²) in [6, 6.07) is 6.76. The summed E-state index contributed by atoms with van der Waals surface area (Å²) in [5.41, 5.74) is 6.70. The Labute approximate surface area is 65.5 Å². The van der Waals surface area contributed by atoms with E-state index in [2.05, 4.69) is 0 Å². The standard InChI is InChI=1S/C7H7NO.ClH/c8-7-3-1-6(5-9)2-4-7;/h1-5H,8H2;1H. The van der Waals surface area contributed by atoms with Crippen LogP contribution in [0.2, 0.25) is 0 Å². The number of hydrogen-bond donors (Lipinski definition) is 1. The fourth-order valence-electron chi connectivity index (χ4n) is 0.575. The highest BCUT2D eigenvalue weighted by Crippen LogP contribution is 2.01. The molecule has 54 valence electrons. The molecule has 0 atom stereocenters. The smallest absolute Gasteiger partial charge is 0.150 e. The van der Waals surface area contributed by atoms with Crippen molar-refractivity contribution in [1.29, 1.82) is 0 Å². The first-order valence-electron chi connectivity index (χ1n) is 2.63. The van der Waals surface area contributed by atoms with Crippen LogP contribution in [0.4, 0.5) is 5.69 Å². The maximum Gasteiger partial charge on any atom is 0.150 e. The molecule has 0 aromatic heterocycles. The van der Waals surface area contributed by atoms with Gasteiger partial charge in [-0.25, -0.2) is 0 Å². The Morgan fingerprint density at radius 2 is 1.70 bits per heavy atom. The zero-order chi connectivity index (χ0) is 6.69. The number of rotatable bonds is 1. The molecule has 1 aromatic carbocycles. The molecule has 0 radical (unpaired) electrons. The molecular weight excluding hydrogens is 150 g/mol. The minimum atomic E-state index is 0. The van der Waals surface area contributed by atoms with Gasteiger partial charge < -0.3 is 5.73 Å². The zero-order valence-corrected chi connectivity index (χ0v) is 6.10. The maximum atomic E-state index is 10.1. The Hall–Kier alpha value is -1.02. The van der Waals surface area contributed by atoms with E-state index in [4.69, 9.17) is 5.73 Å². The van der Waals surface area contributed by atoms with E-state index in [-0.39, 0.29) is 12.4 Å². The molecule has 0 amide bonds. The summed E-state index contributed by atoms with van der Waals surface area (Å²) in [7, 11) is 0. The van der Waals surface area contributed by atoms with Crippen molar-refractivity contribution in [3.8, 4) is 0 Å². The first-order valence-corrected chi connectivity index (χ1v) is 2.63. The molecule has 0 spiro atoms. The van der Waals surface area contributed by atoms with Crippen LogP contribution in [-0.2, 0) is 0 Å². The van der Waals surface area contributed by atoms with E-state index < -0.39 is 0 Å². The molecule has 0 fully saturated rings. The summed E-state index contributed by atoms with van der Waals surface area (Å²) < 4.78 is 0. The number of halogens is 1. The summed E-state index contributed by atoms with van der Waals surface area (Å²) in [6.07, 6.45) is 0.791. The largest absolute Gasteiger partial charge is 0.399 e. The Bertz CT molecular complexity index is 207. The molecule has 3 heteroatoms. The number of carbonyl (C=O) groups is 1. The van der Waals surface area contributed by atoms with Crippen LogP contribution in [0, 0.1) is 0 Å². The predicted octanol–water partition coefficient (Wildman–Crippen LogP) is 1.50. The van der Waals surface area contributed by atoms with Crippen molar-refractivity contribution in [2.24, 2.45) is 0 Å². The molecule has 0 aliphatic rings. The summed E-state index contributed by atoms with van der Waals surface area (Å²) in [5.74, 6) is 0. The van der Waals surface area contributed by atoms with E-state index in [0.29, 0.717) is 11.3 Å². The highest BCUT2D eigenvalue weighted by Gasteiger charge is 1.85. The number of anilines is 1. The van der Waals surface area contributed by atoms with Crippen LogP contribution in [0.3, 0.4) is 0 Å². The Morgan fingerprint density at radius 3 is 2.10 bits per heavy atom. The highest BCUT2D eigenvalue weighted by molar-refractivity contribution is 5.85. The van der Waals surface area contributed by atoms with Gasteiger partial charge in [-0.3, -0.25) is 4.79 Å². The Kier molecular flexibility index (Phi) is 3.51. The van der Waals surface area contributed by atoms with Gasteiger partial charge in [0, 0.05) is 11.3 Å². The van der Waals surface area contributed by atoms with Gasteiger partial charge in [0.05, 0.1) is 0 Å². The van der Waals surface area contributed by atoms with Gasteiger partial charge in [-0.15, -0.1) is 12.4 Å². The van der Waals surface area contributed by atoms with Crippen LogP contribution >= 0.6 is 12.4 Å². The first kappa shape index (κ1) is 8.98. The normalized spacial score (nSPS) is 8.00. The molecule has 0 saturated carbocycles. The monoisotopic (exact) mass is 157 g/mol. The van der Waals surface area contributed by atoms with Crippen LogP contribution < -0.4 is 5.73 Å². The van der Waals surface area contributed by atoms with Gasteiger partial charge >= 0.3 is 0 Å². The molecule has 0 saturated heterocycles. The maximum absolute atomic E-state index is 10.1. The van der Waals surface area contributed by atoms with E-state index in [1.165, 1.54) is 0 Å².